The number of amides is 2. The molecular formula is C22H18FN7O3. The second kappa shape index (κ2) is 7.33. The molecule has 11 heteroatoms. The molecule has 3 aromatic heterocycles. The van der Waals surface area contributed by atoms with Crippen molar-refractivity contribution in [1.29, 1.82) is 0 Å². The number of imide groups is 1. The number of hydrogen-bond donors (Lipinski definition) is 1. The molecule has 0 spiro atoms. The Hall–Kier alpha value is -4.41. The van der Waals surface area contributed by atoms with Crippen LogP contribution in [0.4, 0.5) is 20.7 Å². The third-order valence-corrected chi connectivity index (χ3v) is 5.28. The minimum absolute atomic E-state index is 0.0209. The number of pyridine rings is 1. The van der Waals surface area contributed by atoms with Gasteiger partial charge in [-0.1, -0.05) is 18.2 Å². The van der Waals surface area contributed by atoms with Gasteiger partial charge in [0.15, 0.2) is 22.9 Å². The first-order valence-electron chi connectivity index (χ1n) is 10.0. The molecule has 4 heterocycles. The standard InChI is InChI=1S/C22H18FN7O3/c1-22(2)20(31)30(21(32)33-22)15-10-26-18(27-17(15)24)16-13-7-5-9-25-19(13)29(28-16)11-12-6-3-4-8-14(12)23/h3-10H,11H2,1-2H3,(H2,24,26,27). The van der Waals surface area contributed by atoms with Crippen molar-refractivity contribution in [2.45, 2.75) is 26.0 Å². The lowest BCUT2D eigenvalue weighted by atomic mass is 10.1. The summed E-state index contributed by atoms with van der Waals surface area (Å²) in [4.78, 5) is 38.5. The maximum atomic E-state index is 14.2. The molecule has 1 aromatic carbocycles. The molecule has 1 saturated heterocycles. The van der Waals surface area contributed by atoms with Gasteiger partial charge in [-0.3, -0.25) is 4.79 Å². The molecule has 0 radical (unpaired) electrons. The fourth-order valence-electron chi connectivity index (χ4n) is 3.62. The maximum Gasteiger partial charge on any atom is 0.422 e. The Bertz CT molecular complexity index is 1430. The van der Waals surface area contributed by atoms with Crippen molar-refractivity contribution < 1.29 is 18.7 Å². The number of benzene rings is 1. The summed E-state index contributed by atoms with van der Waals surface area (Å²) in [6.07, 6.45) is 2.03. The van der Waals surface area contributed by atoms with Gasteiger partial charge in [0.25, 0.3) is 5.91 Å². The number of halogens is 1. The number of hydrogen-bond acceptors (Lipinski definition) is 8. The molecule has 0 atom stereocenters. The van der Waals surface area contributed by atoms with Crippen LogP contribution < -0.4 is 10.6 Å². The average molecular weight is 447 g/mol. The molecule has 0 unspecified atom stereocenters. The van der Waals surface area contributed by atoms with Gasteiger partial charge in [0.05, 0.1) is 18.1 Å². The van der Waals surface area contributed by atoms with E-state index in [1.165, 1.54) is 26.1 Å². The second-order valence-corrected chi connectivity index (χ2v) is 7.96. The van der Waals surface area contributed by atoms with Gasteiger partial charge in [-0.2, -0.15) is 5.10 Å². The molecule has 1 aliphatic heterocycles. The number of carbonyl (C=O) groups excluding carboxylic acids is 2. The number of fused-ring (bicyclic) bond motifs is 1. The van der Waals surface area contributed by atoms with Crippen LogP contribution in [-0.2, 0) is 16.1 Å². The molecule has 33 heavy (non-hydrogen) atoms. The number of carbonyl (C=O) groups is 2. The van der Waals surface area contributed by atoms with Crippen LogP contribution in [0.15, 0.2) is 48.8 Å². The fourth-order valence-corrected chi connectivity index (χ4v) is 3.62. The van der Waals surface area contributed by atoms with Crippen LogP contribution in [0.5, 0.6) is 0 Å². The normalized spacial score (nSPS) is 15.3. The van der Waals surface area contributed by atoms with Gasteiger partial charge in [-0.25, -0.2) is 33.7 Å². The summed E-state index contributed by atoms with van der Waals surface area (Å²) in [5.41, 5.74) is 6.15. The zero-order chi connectivity index (χ0) is 23.3. The SMILES string of the molecule is CC1(C)OC(=O)N(c2cnc(-c3nn(Cc4ccccc4F)c4ncccc34)nc2N)C1=O. The van der Waals surface area contributed by atoms with Gasteiger partial charge in [0.1, 0.15) is 17.2 Å². The lowest BCUT2D eigenvalue weighted by Gasteiger charge is -2.14. The summed E-state index contributed by atoms with van der Waals surface area (Å²) < 4.78 is 20.8. The Morgan fingerprint density at radius 2 is 1.91 bits per heavy atom. The van der Waals surface area contributed by atoms with Gasteiger partial charge in [-0.05, 0) is 32.0 Å². The first-order valence-corrected chi connectivity index (χ1v) is 10.0. The highest BCUT2D eigenvalue weighted by molar-refractivity contribution is 6.20. The molecule has 1 fully saturated rings. The van der Waals surface area contributed by atoms with E-state index in [4.69, 9.17) is 10.5 Å². The molecule has 2 amide bonds. The van der Waals surface area contributed by atoms with Crippen LogP contribution in [0.3, 0.4) is 0 Å². The van der Waals surface area contributed by atoms with E-state index in [9.17, 15) is 14.0 Å². The van der Waals surface area contributed by atoms with Crippen LogP contribution in [0.1, 0.15) is 19.4 Å². The van der Waals surface area contributed by atoms with E-state index in [-0.39, 0.29) is 29.7 Å². The minimum atomic E-state index is -1.31. The molecule has 0 aliphatic carbocycles. The van der Waals surface area contributed by atoms with Crippen molar-refractivity contribution in [2.75, 3.05) is 10.6 Å². The predicted octanol–water partition coefficient (Wildman–Crippen LogP) is 2.92. The van der Waals surface area contributed by atoms with E-state index in [1.807, 2.05) is 0 Å². The zero-order valence-corrected chi connectivity index (χ0v) is 17.7. The first kappa shape index (κ1) is 20.5. The van der Waals surface area contributed by atoms with Gasteiger partial charge in [-0.15, -0.1) is 0 Å². The molecule has 0 bridgehead atoms. The minimum Gasteiger partial charge on any atom is -0.433 e. The summed E-state index contributed by atoms with van der Waals surface area (Å²) >= 11 is 0. The Kier molecular flexibility index (Phi) is 4.55. The molecule has 5 rings (SSSR count). The smallest absolute Gasteiger partial charge is 0.422 e. The number of nitrogens with two attached hydrogens (primary N) is 1. The van der Waals surface area contributed by atoms with Crippen molar-refractivity contribution in [3.8, 4) is 11.5 Å². The van der Waals surface area contributed by atoms with Gasteiger partial charge in [0.2, 0.25) is 0 Å². The summed E-state index contributed by atoms with van der Waals surface area (Å²) in [6.45, 7) is 3.12. The topological polar surface area (TPSA) is 129 Å². The summed E-state index contributed by atoms with van der Waals surface area (Å²) in [6, 6.07) is 9.93. The average Bonchev–Trinajstić information content (AvgIpc) is 3.24. The largest absolute Gasteiger partial charge is 0.433 e. The lowest BCUT2D eigenvalue weighted by molar-refractivity contribution is -0.127. The van der Waals surface area contributed by atoms with E-state index in [0.29, 0.717) is 22.3 Å². The number of anilines is 2. The van der Waals surface area contributed by atoms with Crippen LogP contribution >= 0.6 is 0 Å². The number of cyclic esters (lactones) is 1. The second-order valence-electron chi connectivity index (χ2n) is 7.96. The van der Waals surface area contributed by atoms with Crippen molar-refractivity contribution in [1.82, 2.24) is 24.7 Å². The molecule has 10 nitrogen and oxygen atoms in total. The summed E-state index contributed by atoms with van der Waals surface area (Å²) in [5, 5.41) is 5.19. The Morgan fingerprint density at radius 3 is 2.61 bits per heavy atom. The zero-order valence-electron chi connectivity index (χ0n) is 17.7. The first-order chi connectivity index (χ1) is 15.8. The van der Waals surface area contributed by atoms with Crippen molar-refractivity contribution >= 4 is 34.5 Å². The van der Waals surface area contributed by atoms with E-state index in [2.05, 4.69) is 20.1 Å². The van der Waals surface area contributed by atoms with Gasteiger partial charge >= 0.3 is 6.09 Å². The quantitative estimate of drug-likeness (QED) is 0.506. The number of ether oxygens (including phenoxy) is 1. The van der Waals surface area contributed by atoms with Gasteiger partial charge < -0.3 is 10.5 Å². The van der Waals surface area contributed by atoms with Crippen molar-refractivity contribution in [3.05, 3.63) is 60.2 Å². The number of nitrogens with zero attached hydrogens (tertiary/aromatic N) is 6. The Morgan fingerprint density at radius 1 is 1.12 bits per heavy atom. The van der Waals surface area contributed by atoms with E-state index < -0.39 is 17.6 Å². The Labute approximate surface area is 186 Å². The Balaban J connectivity index is 1.57. The molecule has 166 valence electrons. The number of nitrogen functional groups attached to an aromatic ring is 1. The predicted molar refractivity (Wildman–Crippen MR) is 117 cm³/mol. The van der Waals surface area contributed by atoms with Crippen LogP contribution in [0.25, 0.3) is 22.6 Å². The summed E-state index contributed by atoms with van der Waals surface area (Å²) in [7, 11) is 0. The fraction of sp³-hybridized carbons (Fsp3) is 0.182. The molecule has 0 saturated carbocycles. The third-order valence-electron chi connectivity index (χ3n) is 5.28. The van der Waals surface area contributed by atoms with Crippen LogP contribution in [-0.4, -0.2) is 42.3 Å². The number of rotatable bonds is 4. The maximum absolute atomic E-state index is 14.2. The van der Waals surface area contributed by atoms with E-state index >= 15 is 0 Å². The monoisotopic (exact) mass is 447 g/mol. The third kappa shape index (κ3) is 3.34. The highest BCUT2D eigenvalue weighted by Gasteiger charge is 2.48. The van der Waals surface area contributed by atoms with Crippen molar-refractivity contribution in [3.63, 3.8) is 0 Å². The highest BCUT2D eigenvalue weighted by atomic mass is 19.1. The van der Waals surface area contributed by atoms with Crippen LogP contribution in [0, 0.1) is 5.82 Å². The van der Waals surface area contributed by atoms with Crippen LogP contribution in [0.2, 0.25) is 0 Å². The van der Waals surface area contributed by atoms with Crippen molar-refractivity contribution in [2.24, 2.45) is 0 Å². The van der Waals surface area contributed by atoms with Gasteiger partial charge in [0, 0.05) is 11.8 Å². The molecule has 2 N–H and O–H groups in total. The highest BCUT2D eigenvalue weighted by Crippen LogP contribution is 2.33. The molecular weight excluding hydrogens is 429 g/mol. The summed E-state index contributed by atoms with van der Waals surface area (Å²) in [5.74, 6) is -0.850. The molecule has 4 aromatic rings. The molecule has 1 aliphatic rings. The van der Waals surface area contributed by atoms with E-state index in [1.54, 1.807) is 41.2 Å². The van der Waals surface area contributed by atoms with E-state index in [0.717, 1.165) is 4.90 Å². The number of aromatic nitrogens is 5. The lowest BCUT2D eigenvalue weighted by Crippen LogP contribution is -2.36.